The van der Waals surface area contributed by atoms with Gasteiger partial charge in [-0.1, -0.05) is 11.6 Å². The number of allylic oxidation sites excluding steroid dienone is 1. The van der Waals surface area contributed by atoms with Crippen molar-refractivity contribution in [2.45, 2.75) is 50.8 Å². The van der Waals surface area contributed by atoms with Gasteiger partial charge in [0.15, 0.2) is 0 Å². The summed E-state index contributed by atoms with van der Waals surface area (Å²) in [6, 6.07) is -0.502. The van der Waals surface area contributed by atoms with Crippen LogP contribution in [0, 0.1) is 0 Å². The second kappa shape index (κ2) is 6.60. The van der Waals surface area contributed by atoms with Gasteiger partial charge in [0, 0.05) is 12.7 Å². The molecule has 0 aromatic rings. The van der Waals surface area contributed by atoms with Gasteiger partial charge in [0.1, 0.15) is 17.1 Å². The van der Waals surface area contributed by atoms with Crippen molar-refractivity contribution in [3.05, 3.63) is 24.0 Å². The van der Waals surface area contributed by atoms with Gasteiger partial charge in [-0.2, -0.15) is 0 Å². The fourth-order valence-corrected chi connectivity index (χ4v) is 2.48. The summed E-state index contributed by atoms with van der Waals surface area (Å²) in [5, 5.41) is 5.68. The molecule has 0 spiro atoms. The zero-order valence-electron chi connectivity index (χ0n) is 13.1. The van der Waals surface area contributed by atoms with E-state index in [4.69, 9.17) is 16.3 Å². The van der Waals surface area contributed by atoms with Crippen molar-refractivity contribution in [3.8, 4) is 0 Å². The van der Waals surface area contributed by atoms with Crippen LogP contribution < -0.4 is 10.6 Å². The second-order valence-corrected chi connectivity index (χ2v) is 6.82. The van der Waals surface area contributed by atoms with Gasteiger partial charge < -0.3 is 15.4 Å². The minimum absolute atomic E-state index is 0.214. The lowest BCUT2D eigenvalue weighted by atomic mass is 10.2. The summed E-state index contributed by atoms with van der Waals surface area (Å²) >= 11 is 5.85. The number of carbonyl (C=O) groups is 2. The second-order valence-electron chi connectivity index (χ2n) is 6.35. The van der Waals surface area contributed by atoms with Crippen LogP contribution in [-0.2, 0) is 9.53 Å². The Kier molecular flexibility index (Phi) is 5.01. The van der Waals surface area contributed by atoms with Gasteiger partial charge in [-0.25, -0.2) is 4.79 Å². The van der Waals surface area contributed by atoms with Crippen LogP contribution in [0.4, 0.5) is 4.79 Å². The highest BCUT2D eigenvalue weighted by Crippen LogP contribution is 2.21. The minimum Gasteiger partial charge on any atom is -0.444 e. The average molecular weight is 328 g/mol. The Morgan fingerprint density at radius 3 is 2.77 bits per heavy atom. The quantitative estimate of drug-likeness (QED) is 0.601. The molecule has 2 atom stereocenters. The summed E-state index contributed by atoms with van der Waals surface area (Å²) in [5.74, 6) is -0.214. The van der Waals surface area contributed by atoms with Crippen LogP contribution in [0.3, 0.4) is 0 Å². The molecular formula is C15H22ClN3O3. The highest BCUT2D eigenvalue weighted by Gasteiger charge is 2.36. The molecule has 22 heavy (non-hydrogen) atoms. The van der Waals surface area contributed by atoms with E-state index in [0.29, 0.717) is 18.7 Å². The molecule has 1 fully saturated rings. The first kappa shape index (κ1) is 16.7. The van der Waals surface area contributed by atoms with Crippen LogP contribution in [0.15, 0.2) is 24.0 Å². The first-order valence-corrected chi connectivity index (χ1v) is 7.79. The van der Waals surface area contributed by atoms with Gasteiger partial charge in [0.2, 0.25) is 5.91 Å². The predicted molar refractivity (Wildman–Crippen MR) is 84.1 cm³/mol. The fourth-order valence-electron chi connectivity index (χ4n) is 2.34. The van der Waals surface area contributed by atoms with Crippen molar-refractivity contribution >= 4 is 23.6 Å². The number of carbonyl (C=O) groups excluding carboxylic acids is 2. The minimum atomic E-state index is -0.575. The van der Waals surface area contributed by atoms with Crippen molar-refractivity contribution in [2.75, 3.05) is 6.54 Å². The molecule has 2 rings (SSSR count). The Bertz CT molecular complexity index is 511. The number of dihydropyridines is 1. The average Bonchev–Trinajstić information content (AvgIpc) is 2.89. The summed E-state index contributed by atoms with van der Waals surface area (Å²) in [7, 11) is 0. The van der Waals surface area contributed by atoms with Crippen molar-refractivity contribution in [1.29, 1.82) is 0 Å². The maximum Gasteiger partial charge on any atom is 0.410 e. The maximum absolute atomic E-state index is 12.4. The van der Waals surface area contributed by atoms with Gasteiger partial charge in [-0.15, -0.1) is 0 Å². The number of nitrogens with one attached hydrogen (secondary N) is 2. The van der Waals surface area contributed by atoms with E-state index in [1.807, 2.05) is 20.8 Å². The van der Waals surface area contributed by atoms with E-state index in [2.05, 4.69) is 10.6 Å². The van der Waals surface area contributed by atoms with E-state index < -0.39 is 17.7 Å². The van der Waals surface area contributed by atoms with Crippen molar-refractivity contribution in [1.82, 2.24) is 15.5 Å². The number of nitrogens with zero attached hydrogens (tertiary/aromatic N) is 1. The van der Waals surface area contributed by atoms with Gasteiger partial charge in [-0.3, -0.25) is 9.69 Å². The van der Waals surface area contributed by atoms with Crippen LogP contribution in [0.1, 0.15) is 33.6 Å². The molecule has 0 bridgehead atoms. The Labute approximate surface area is 135 Å². The zero-order chi connectivity index (χ0) is 16.3. The summed E-state index contributed by atoms with van der Waals surface area (Å²) in [5.41, 5.74) is -0.224. The molecular weight excluding hydrogens is 306 g/mol. The molecule has 0 aromatic heterocycles. The maximum atomic E-state index is 12.4. The normalized spacial score (nSPS) is 24.5. The Balaban J connectivity index is 1.97. The van der Waals surface area contributed by atoms with Crippen molar-refractivity contribution < 1.29 is 14.3 Å². The molecule has 2 amide bonds. The number of hydrogen-bond donors (Lipinski definition) is 2. The molecule has 0 aliphatic carbocycles. The third-order valence-corrected chi connectivity index (χ3v) is 3.57. The van der Waals surface area contributed by atoms with Gasteiger partial charge in [0.05, 0.1) is 5.70 Å². The summed E-state index contributed by atoms with van der Waals surface area (Å²) in [4.78, 5) is 26.0. The molecule has 122 valence electrons. The smallest absolute Gasteiger partial charge is 0.410 e. The molecule has 2 aliphatic rings. The van der Waals surface area contributed by atoms with E-state index in [9.17, 15) is 9.59 Å². The summed E-state index contributed by atoms with van der Waals surface area (Å²) < 4.78 is 5.35. The molecule has 0 saturated carbocycles. The highest BCUT2D eigenvalue weighted by atomic mass is 35.5. The van der Waals surface area contributed by atoms with Crippen LogP contribution in [-0.4, -0.2) is 40.6 Å². The van der Waals surface area contributed by atoms with Gasteiger partial charge in [-0.05, 0) is 45.8 Å². The SMILES string of the molecule is CC(C)(C)OC(=O)N1CCC[C@@H]1C(=O)NC1=CNC(Cl)C=C1. The van der Waals surface area contributed by atoms with Crippen molar-refractivity contribution in [2.24, 2.45) is 0 Å². The first-order valence-electron chi connectivity index (χ1n) is 7.35. The third-order valence-electron chi connectivity index (χ3n) is 3.29. The topological polar surface area (TPSA) is 70.7 Å². The number of halogens is 1. The molecule has 7 heteroatoms. The third kappa shape index (κ3) is 4.40. The molecule has 2 N–H and O–H groups in total. The van der Waals surface area contributed by atoms with Gasteiger partial charge in [0.25, 0.3) is 0 Å². The molecule has 0 radical (unpaired) electrons. The Morgan fingerprint density at radius 1 is 1.45 bits per heavy atom. The Morgan fingerprint density at radius 2 is 2.18 bits per heavy atom. The number of amides is 2. The molecule has 6 nitrogen and oxygen atoms in total. The largest absolute Gasteiger partial charge is 0.444 e. The van der Waals surface area contributed by atoms with Gasteiger partial charge >= 0.3 is 6.09 Å². The number of rotatable bonds is 2. The van der Waals surface area contributed by atoms with Crippen LogP contribution >= 0.6 is 11.6 Å². The van der Waals surface area contributed by atoms with Crippen LogP contribution in [0.2, 0.25) is 0 Å². The predicted octanol–water partition coefficient (Wildman–Crippen LogP) is 2.07. The molecule has 1 saturated heterocycles. The summed E-state index contributed by atoms with van der Waals surface area (Å²) in [6.45, 7) is 5.95. The summed E-state index contributed by atoms with van der Waals surface area (Å²) in [6.07, 6.45) is 6.08. The first-order chi connectivity index (χ1) is 10.3. The standard InChI is InChI=1S/C15H22ClN3O3/c1-15(2,3)22-14(21)19-8-4-5-11(19)13(20)18-10-6-7-12(16)17-9-10/h6-7,9,11-12,17H,4-5,8H2,1-3H3,(H,18,20)/t11-,12?/m1/s1. The highest BCUT2D eigenvalue weighted by molar-refractivity contribution is 6.21. The molecule has 2 aliphatic heterocycles. The van der Waals surface area contributed by atoms with E-state index in [0.717, 1.165) is 6.42 Å². The van der Waals surface area contributed by atoms with E-state index in [1.54, 1.807) is 18.4 Å². The van der Waals surface area contributed by atoms with E-state index in [1.165, 1.54) is 4.90 Å². The lowest BCUT2D eigenvalue weighted by Crippen LogP contribution is -2.47. The number of ether oxygens (including phenoxy) is 1. The number of likely N-dealkylation sites (tertiary alicyclic amines) is 1. The number of alkyl halides is 1. The van der Waals surface area contributed by atoms with Crippen LogP contribution in [0.5, 0.6) is 0 Å². The van der Waals surface area contributed by atoms with E-state index >= 15 is 0 Å². The Hall–Kier alpha value is -1.69. The zero-order valence-corrected chi connectivity index (χ0v) is 13.8. The lowest BCUT2D eigenvalue weighted by Gasteiger charge is -2.28. The fraction of sp³-hybridized carbons (Fsp3) is 0.600. The lowest BCUT2D eigenvalue weighted by molar-refractivity contribution is -0.124. The molecule has 2 heterocycles. The van der Waals surface area contributed by atoms with Crippen LogP contribution in [0.25, 0.3) is 0 Å². The number of hydrogen-bond acceptors (Lipinski definition) is 4. The molecule has 1 unspecified atom stereocenters. The van der Waals surface area contributed by atoms with Crippen molar-refractivity contribution in [3.63, 3.8) is 0 Å². The monoisotopic (exact) mass is 327 g/mol. The van der Waals surface area contributed by atoms with E-state index in [-0.39, 0.29) is 11.4 Å². The molecule has 0 aromatic carbocycles.